The van der Waals surface area contributed by atoms with E-state index in [0.29, 0.717) is 11.7 Å². The lowest BCUT2D eigenvalue weighted by Crippen LogP contribution is -2.36. The molecule has 0 atom stereocenters. The second kappa shape index (κ2) is 5.30. The van der Waals surface area contributed by atoms with E-state index in [1.54, 1.807) is 30.1 Å². The van der Waals surface area contributed by atoms with Gasteiger partial charge in [-0.15, -0.1) is 0 Å². The summed E-state index contributed by atoms with van der Waals surface area (Å²) in [6.07, 6.45) is 2.08. The highest BCUT2D eigenvalue weighted by molar-refractivity contribution is 5.95. The Bertz CT molecular complexity index is 509. The number of nitrogens with one attached hydrogen (secondary N) is 1. The Morgan fingerprint density at radius 2 is 2.11 bits per heavy atom. The lowest BCUT2D eigenvalue weighted by molar-refractivity contribution is -0.119. The molecule has 1 aromatic rings. The SMILES string of the molecule is Cc1ccc(C(=O)O)c(N(C)CC(=O)NC2CC2)c1. The summed E-state index contributed by atoms with van der Waals surface area (Å²) in [4.78, 5) is 24.6. The van der Waals surface area contributed by atoms with Gasteiger partial charge in [-0.3, -0.25) is 4.79 Å². The van der Waals surface area contributed by atoms with Gasteiger partial charge in [-0.2, -0.15) is 0 Å². The molecule has 0 radical (unpaired) electrons. The van der Waals surface area contributed by atoms with Crippen LogP contribution in [0.1, 0.15) is 28.8 Å². The molecule has 2 N–H and O–H groups in total. The van der Waals surface area contributed by atoms with Crippen molar-refractivity contribution in [3.8, 4) is 0 Å². The zero-order valence-electron chi connectivity index (χ0n) is 11.1. The van der Waals surface area contributed by atoms with Crippen molar-refractivity contribution in [3.05, 3.63) is 29.3 Å². The molecular weight excluding hydrogens is 244 g/mol. The molecule has 1 saturated carbocycles. The van der Waals surface area contributed by atoms with Crippen molar-refractivity contribution in [2.45, 2.75) is 25.8 Å². The smallest absolute Gasteiger partial charge is 0.337 e. The molecule has 19 heavy (non-hydrogen) atoms. The summed E-state index contributed by atoms with van der Waals surface area (Å²) in [5, 5.41) is 12.1. The molecule has 0 spiro atoms. The Balaban J connectivity index is 2.12. The molecule has 1 fully saturated rings. The van der Waals surface area contributed by atoms with Gasteiger partial charge in [0.15, 0.2) is 0 Å². The summed E-state index contributed by atoms with van der Waals surface area (Å²) in [7, 11) is 1.73. The zero-order chi connectivity index (χ0) is 14.0. The van der Waals surface area contributed by atoms with Crippen LogP contribution < -0.4 is 10.2 Å². The minimum Gasteiger partial charge on any atom is -0.478 e. The molecular formula is C14H18N2O3. The van der Waals surface area contributed by atoms with Gasteiger partial charge in [0.1, 0.15) is 0 Å². The number of anilines is 1. The molecule has 0 heterocycles. The van der Waals surface area contributed by atoms with Gasteiger partial charge in [0, 0.05) is 13.1 Å². The van der Waals surface area contributed by atoms with Crippen LogP contribution in [0.2, 0.25) is 0 Å². The monoisotopic (exact) mass is 262 g/mol. The Kier molecular flexibility index (Phi) is 3.74. The van der Waals surface area contributed by atoms with Crippen molar-refractivity contribution < 1.29 is 14.7 Å². The van der Waals surface area contributed by atoms with Gasteiger partial charge in [0.25, 0.3) is 0 Å². The van der Waals surface area contributed by atoms with Crippen LogP contribution in [-0.2, 0) is 4.79 Å². The summed E-state index contributed by atoms with van der Waals surface area (Å²) >= 11 is 0. The summed E-state index contributed by atoms with van der Waals surface area (Å²) in [6.45, 7) is 2.06. The van der Waals surface area contributed by atoms with Gasteiger partial charge in [0.05, 0.1) is 17.8 Å². The number of likely N-dealkylation sites (N-methyl/N-ethyl adjacent to an activating group) is 1. The number of hydrogen-bond donors (Lipinski definition) is 2. The lowest BCUT2D eigenvalue weighted by atomic mass is 10.1. The van der Waals surface area contributed by atoms with Gasteiger partial charge < -0.3 is 15.3 Å². The number of carbonyl (C=O) groups is 2. The van der Waals surface area contributed by atoms with E-state index in [-0.39, 0.29) is 18.0 Å². The molecule has 1 aliphatic rings. The Morgan fingerprint density at radius 1 is 1.42 bits per heavy atom. The van der Waals surface area contributed by atoms with E-state index in [2.05, 4.69) is 5.32 Å². The molecule has 1 aromatic carbocycles. The number of nitrogens with zero attached hydrogens (tertiary/aromatic N) is 1. The Morgan fingerprint density at radius 3 is 2.68 bits per heavy atom. The number of amides is 1. The first kappa shape index (κ1) is 13.4. The van der Waals surface area contributed by atoms with Crippen molar-refractivity contribution >= 4 is 17.6 Å². The number of carbonyl (C=O) groups excluding carboxylic acids is 1. The first-order valence-electron chi connectivity index (χ1n) is 6.32. The first-order valence-corrected chi connectivity index (χ1v) is 6.32. The van der Waals surface area contributed by atoms with Crippen LogP contribution in [0.5, 0.6) is 0 Å². The van der Waals surface area contributed by atoms with Gasteiger partial charge in [-0.05, 0) is 37.5 Å². The van der Waals surface area contributed by atoms with E-state index < -0.39 is 5.97 Å². The third-order valence-corrected chi connectivity index (χ3v) is 3.12. The Hall–Kier alpha value is -2.04. The fraction of sp³-hybridized carbons (Fsp3) is 0.429. The topological polar surface area (TPSA) is 69.6 Å². The molecule has 0 unspecified atom stereocenters. The van der Waals surface area contributed by atoms with E-state index in [4.69, 9.17) is 5.11 Å². The van der Waals surface area contributed by atoms with Crippen LogP contribution in [0.25, 0.3) is 0 Å². The second-order valence-electron chi connectivity index (χ2n) is 5.02. The maximum Gasteiger partial charge on any atom is 0.337 e. The van der Waals surface area contributed by atoms with Crippen LogP contribution >= 0.6 is 0 Å². The highest BCUT2D eigenvalue weighted by atomic mass is 16.4. The molecule has 0 saturated heterocycles. The maximum absolute atomic E-state index is 11.7. The minimum absolute atomic E-state index is 0.0668. The molecule has 2 rings (SSSR count). The van der Waals surface area contributed by atoms with Crippen LogP contribution in [0, 0.1) is 6.92 Å². The van der Waals surface area contributed by atoms with Crippen molar-refractivity contribution in [2.75, 3.05) is 18.5 Å². The molecule has 1 aliphatic carbocycles. The molecule has 0 aliphatic heterocycles. The van der Waals surface area contributed by atoms with Crippen molar-refractivity contribution in [3.63, 3.8) is 0 Å². The molecule has 1 amide bonds. The largest absolute Gasteiger partial charge is 0.478 e. The third-order valence-electron chi connectivity index (χ3n) is 3.12. The number of hydrogen-bond acceptors (Lipinski definition) is 3. The molecule has 0 bridgehead atoms. The van der Waals surface area contributed by atoms with E-state index in [0.717, 1.165) is 18.4 Å². The van der Waals surface area contributed by atoms with Crippen LogP contribution in [0.15, 0.2) is 18.2 Å². The van der Waals surface area contributed by atoms with Crippen molar-refractivity contribution in [1.29, 1.82) is 0 Å². The number of carboxylic acid groups (broad SMARTS) is 1. The second-order valence-corrected chi connectivity index (χ2v) is 5.02. The summed E-state index contributed by atoms with van der Waals surface area (Å²) in [5.41, 5.74) is 1.75. The predicted molar refractivity (Wildman–Crippen MR) is 72.6 cm³/mol. The zero-order valence-corrected chi connectivity index (χ0v) is 11.1. The number of carboxylic acids is 1. The van der Waals surface area contributed by atoms with Gasteiger partial charge in [0.2, 0.25) is 5.91 Å². The molecule has 5 nitrogen and oxygen atoms in total. The van der Waals surface area contributed by atoms with E-state index in [9.17, 15) is 9.59 Å². The Labute approximate surface area is 112 Å². The van der Waals surface area contributed by atoms with E-state index >= 15 is 0 Å². The number of benzene rings is 1. The van der Waals surface area contributed by atoms with Gasteiger partial charge >= 0.3 is 5.97 Å². The summed E-state index contributed by atoms with van der Waals surface area (Å²) in [5.74, 6) is -1.05. The lowest BCUT2D eigenvalue weighted by Gasteiger charge is -2.21. The molecule has 5 heteroatoms. The predicted octanol–water partition coefficient (Wildman–Crippen LogP) is 1.41. The summed E-state index contributed by atoms with van der Waals surface area (Å²) in [6, 6.07) is 5.43. The van der Waals surface area contributed by atoms with Crippen LogP contribution in [-0.4, -0.2) is 36.6 Å². The van der Waals surface area contributed by atoms with Crippen molar-refractivity contribution in [1.82, 2.24) is 5.32 Å². The average molecular weight is 262 g/mol. The quantitative estimate of drug-likeness (QED) is 0.841. The average Bonchev–Trinajstić information content (AvgIpc) is 3.12. The first-order chi connectivity index (χ1) is 8.97. The number of aryl methyl sites for hydroxylation is 1. The van der Waals surface area contributed by atoms with E-state index in [1.165, 1.54) is 0 Å². The van der Waals surface area contributed by atoms with Crippen molar-refractivity contribution in [2.24, 2.45) is 0 Å². The normalized spacial score (nSPS) is 14.0. The van der Waals surface area contributed by atoms with Crippen LogP contribution in [0.3, 0.4) is 0 Å². The maximum atomic E-state index is 11.7. The minimum atomic E-state index is -0.982. The van der Waals surface area contributed by atoms with E-state index in [1.807, 2.05) is 6.92 Å². The molecule has 0 aromatic heterocycles. The van der Waals surface area contributed by atoms with Crippen LogP contribution in [0.4, 0.5) is 5.69 Å². The fourth-order valence-corrected chi connectivity index (χ4v) is 1.94. The number of rotatable bonds is 5. The number of aromatic carboxylic acids is 1. The molecule has 102 valence electrons. The standard InChI is InChI=1S/C14H18N2O3/c1-9-3-6-11(14(18)19)12(7-9)16(2)8-13(17)15-10-4-5-10/h3,6-7,10H,4-5,8H2,1-2H3,(H,15,17)(H,18,19). The summed E-state index contributed by atoms with van der Waals surface area (Å²) < 4.78 is 0. The van der Waals surface area contributed by atoms with Gasteiger partial charge in [-0.1, -0.05) is 6.07 Å². The van der Waals surface area contributed by atoms with Gasteiger partial charge in [-0.25, -0.2) is 4.79 Å². The highest BCUT2D eigenvalue weighted by Crippen LogP contribution is 2.22. The fourth-order valence-electron chi connectivity index (χ4n) is 1.94. The third kappa shape index (κ3) is 3.47. The highest BCUT2D eigenvalue weighted by Gasteiger charge is 2.24.